The third-order valence-corrected chi connectivity index (χ3v) is 2.34. The highest BCUT2D eigenvalue weighted by Gasteiger charge is 2.16. The van der Waals surface area contributed by atoms with Crippen LogP contribution in [0.4, 0.5) is 14.5 Å². The minimum absolute atomic E-state index is 0.103. The van der Waals surface area contributed by atoms with Crippen molar-refractivity contribution < 1.29 is 23.5 Å². The summed E-state index contributed by atoms with van der Waals surface area (Å²) in [6, 6.07) is 1.20. The number of halogens is 2. The van der Waals surface area contributed by atoms with E-state index >= 15 is 0 Å². The van der Waals surface area contributed by atoms with E-state index < -0.39 is 29.1 Å². The van der Waals surface area contributed by atoms with Crippen molar-refractivity contribution >= 4 is 17.6 Å². The van der Waals surface area contributed by atoms with Gasteiger partial charge in [-0.15, -0.1) is 0 Å². The lowest BCUT2D eigenvalue weighted by molar-refractivity contribution is -0.116. The maximum Gasteiger partial charge on any atom is 0.337 e. The lowest BCUT2D eigenvalue weighted by Crippen LogP contribution is -2.22. The number of hydrogen-bond donors (Lipinski definition) is 3. The fourth-order valence-corrected chi connectivity index (χ4v) is 1.42. The van der Waals surface area contributed by atoms with Crippen LogP contribution >= 0.6 is 0 Å². The van der Waals surface area contributed by atoms with E-state index in [1.54, 1.807) is 0 Å². The van der Waals surface area contributed by atoms with E-state index in [9.17, 15) is 18.4 Å². The van der Waals surface area contributed by atoms with Gasteiger partial charge in [-0.2, -0.15) is 0 Å². The molecule has 1 aromatic rings. The number of carboxylic acids is 1. The zero-order valence-electron chi connectivity index (χ0n) is 10.3. The summed E-state index contributed by atoms with van der Waals surface area (Å²) in [6.45, 7) is 2.98. The second kappa shape index (κ2) is 6.79. The molecule has 0 aromatic heterocycles. The van der Waals surface area contributed by atoms with Crippen molar-refractivity contribution in [2.24, 2.45) is 0 Å². The molecule has 1 aromatic carbocycles. The van der Waals surface area contributed by atoms with E-state index in [0.717, 1.165) is 0 Å². The maximum atomic E-state index is 13.0. The predicted octanol–water partition coefficient (Wildman–Crippen LogP) is 1.60. The van der Waals surface area contributed by atoms with Crippen LogP contribution < -0.4 is 10.6 Å². The average Bonchev–Trinajstić information content (AvgIpc) is 2.33. The van der Waals surface area contributed by atoms with Crippen LogP contribution in [0.2, 0.25) is 0 Å². The van der Waals surface area contributed by atoms with Crippen LogP contribution in [0, 0.1) is 11.6 Å². The number of carbonyl (C=O) groups is 2. The Balaban J connectivity index is 2.84. The molecule has 7 heteroatoms. The van der Waals surface area contributed by atoms with Crippen LogP contribution in [-0.4, -0.2) is 30.1 Å². The molecule has 0 heterocycles. The first-order valence-corrected chi connectivity index (χ1v) is 5.68. The Kier molecular flexibility index (Phi) is 5.37. The van der Waals surface area contributed by atoms with Gasteiger partial charge in [0.2, 0.25) is 5.91 Å². The minimum atomic E-state index is -1.44. The zero-order valence-corrected chi connectivity index (χ0v) is 10.3. The molecule has 0 aliphatic rings. The predicted molar refractivity (Wildman–Crippen MR) is 65.1 cm³/mol. The maximum absolute atomic E-state index is 13.0. The quantitative estimate of drug-likeness (QED) is 0.687. The van der Waals surface area contributed by atoms with E-state index in [0.29, 0.717) is 25.2 Å². The van der Waals surface area contributed by atoms with Crippen LogP contribution in [0.15, 0.2) is 12.1 Å². The number of nitrogens with one attached hydrogen (secondary N) is 2. The highest BCUT2D eigenvalue weighted by atomic mass is 19.2. The van der Waals surface area contributed by atoms with Gasteiger partial charge in [-0.1, -0.05) is 6.92 Å². The van der Waals surface area contributed by atoms with Gasteiger partial charge in [-0.25, -0.2) is 13.6 Å². The first-order chi connectivity index (χ1) is 8.95. The molecule has 3 N–H and O–H groups in total. The number of aromatic carboxylic acids is 1. The molecule has 1 amide bonds. The second-order valence-corrected chi connectivity index (χ2v) is 3.77. The van der Waals surface area contributed by atoms with Crippen LogP contribution in [0.25, 0.3) is 0 Å². The number of rotatable bonds is 6. The summed E-state index contributed by atoms with van der Waals surface area (Å²) in [5.74, 6) is -4.41. The molecule has 0 unspecified atom stereocenters. The molecule has 0 radical (unpaired) electrons. The molecular formula is C12H14F2N2O3. The smallest absolute Gasteiger partial charge is 0.337 e. The largest absolute Gasteiger partial charge is 0.478 e. The molecule has 0 saturated carbocycles. The second-order valence-electron chi connectivity index (χ2n) is 3.77. The highest BCUT2D eigenvalue weighted by Crippen LogP contribution is 2.20. The molecule has 0 saturated heterocycles. The van der Waals surface area contributed by atoms with E-state index in [-0.39, 0.29) is 12.1 Å². The van der Waals surface area contributed by atoms with Gasteiger partial charge in [0.1, 0.15) is 0 Å². The zero-order chi connectivity index (χ0) is 14.4. The summed E-state index contributed by atoms with van der Waals surface area (Å²) < 4.78 is 26.0. The Morgan fingerprint density at radius 3 is 2.47 bits per heavy atom. The van der Waals surface area contributed by atoms with Gasteiger partial charge in [-0.05, 0) is 12.6 Å². The number of carboxylic acid groups (broad SMARTS) is 1. The SMILES string of the molecule is CCNCCC(=O)Nc1cc(F)c(F)cc1C(=O)O. The summed E-state index contributed by atoms with van der Waals surface area (Å²) in [4.78, 5) is 22.4. The van der Waals surface area contributed by atoms with Crippen molar-refractivity contribution in [3.05, 3.63) is 29.3 Å². The van der Waals surface area contributed by atoms with Crippen LogP contribution in [0.5, 0.6) is 0 Å². The van der Waals surface area contributed by atoms with Gasteiger partial charge in [0.15, 0.2) is 11.6 Å². The Bertz CT molecular complexity index is 492. The van der Waals surface area contributed by atoms with Gasteiger partial charge in [0.25, 0.3) is 0 Å². The summed E-state index contributed by atoms with van der Waals surface area (Å²) in [6.07, 6.45) is 0.103. The standard InChI is InChI=1S/C12H14F2N2O3/c1-2-15-4-3-11(17)16-10-6-9(14)8(13)5-7(10)12(18)19/h5-6,15H,2-4H2,1H3,(H,16,17)(H,18,19). The molecule has 0 spiro atoms. The number of anilines is 1. The van der Waals surface area contributed by atoms with Crippen LogP contribution in [-0.2, 0) is 4.79 Å². The summed E-state index contributed by atoms with van der Waals surface area (Å²) in [5.41, 5.74) is -0.747. The third kappa shape index (κ3) is 4.29. The number of benzene rings is 1. The Morgan fingerprint density at radius 2 is 1.89 bits per heavy atom. The van der Waals surface area contributed by atoms with Crippen molar-refractivity contribution in [1.29, 1.82) is 0 Å². The normalized spacial score (nSPS) is 10.3. The van der Waals surface area contributed by atoms with Crippen molar-refractivity contribution in [1.82, 2.24) is 5.32 Å². The van der Waals surface area contributed by atoms with E-state index in [1.807, 2.05) is 6.92 Å². The van der Waals surface area contributed by atoms with Crippen LogP contribution in [0.1, 0.15) is 23.7 Å². The first kappa shape index (κ1) is 15.0. The molecule has 0 aliphatic carbocycles. The van der Waals surface area contributed by atoms with Crippen molar-refractivity contribution in [3.8, 4) is 0 Å². The molecule has 1 rings (SSSR count). The number of hydrogen-bond acceptors (Lipinski definition) is 3. The summed E-state index contributed by atoms with van der Waals surface area (Å²) >= 11 is 0. The van der Waals surface area contributed by atoms with Gasteiger partial charge in [-0.3, -0.25) is 4.79 Å². The fourth-order valence-electron chi connectivity index (χ4n) is 1.42. The van der Waals surface area contributed by atoms with Gasteiger partial charge in [0.05, 0.1) is 11.3 Å². The van der Waals surface area contributed by atoms with Gasteiger partial charge >= 0.3 is 5.97 Å². The highest BCUT2D eigenvalue weighted by molar-refractivity contribution is 6.00. The summed E-state index contributed by atoms with van der Waals surface area (Å²) in [7, 11) is 0. The molecule has 0 fully saturated rings. The van der Waals surface area contributed by atoms with E-state index in [1.165, 1.54) is 0 Å². The molecule has 5 nitrogen and oxygen atoms in total. The molecule has 19 heavy (non-hydrogen) atoms. The monoisotopic (exact) mass is 272 g/mol. The lowest BCUT2D eigenvalue weighted by Gasteiger charge is -2.09. The minimum Gasteiger partial charge on any atom is -0.478 e. The molecule has 104 valence electrons. The average molecular weight is 272 g/mol. The van der Waals surface area contributed by atoms with Crippen molar-refractivity contribution in [3.63, 3.8) is 0 Å². The first-order valence-electron chi connectivity index (χ1n) is 5.68. The Labute approximate surface area is 108 Å². The Morgan fingerprint density at radius 1 is 1.26 bits per heavy atom. The summed E-state index contributed by atoms with van der Waals surface area (Å²) in [5, 5.41) is 14.0. The van der Waals surface area contributed by atoms with Gasteiger partial charge in [0, 0.05) is 19.0 Å². The van der Waals surface area contributed by atoms with Crippen LogP contribution in [0.3, 0.4) is 0 Å². The Hall–Kier alpha value is -2.02. The van der Waals surface area contributed by atoms with Crippen molar-refractivity contribution in [2.45, 2.75) is 13.3 Å². The van der Waals surface area contributed by atoms with Crippen molar-refractivity contribution in [2.75, 3.05) is 18.4 Å². The number of carbonyl (C=O) groups excluding carboxylic acids is 1. The topological polar surface area (TPSA) is 78.4 Å². The molecular weight excluding hydrogens is 258 g/mol. The molecule has 0 bridgehead atoms. The molecule has 0 atom stereocenters. The van der Waals surface area contributed by atoms with E-state index in [4.69, 9.17) is 5.11 Å². The van der Waals surface area contributed by atoms with E-state index in [2.05, 4.69) is 10.6 Å². The molecule has 0 aliphatic heterocycles. The third-order valence-electron chi connectivity index (χ3n) is 2.34. The lowest BCUT2D eigenvalue weighted by atomic mass is 10.1. The number of amides is 1. The fraction of sp³-hybridized carbons (Fsp3) is 0.333. The van der Waals surface area contributed by atoms with Gasteiger partial charge < -0.3 is 15.7 Å².